The molecule has 0 saturated carbocycles. The van der Waals surface area contributed by atoms with Crippen LogP contribution in [0.15, 0.2) is 47.6 Å². The maximum Gasteiger partial charge on any atom is 0.247 e. The van der Waals surface area contributed by atoms with Crippen LogP contribution in [0.5, 0.6) is 17.4 Å². The van der Waals surface area contributed by atoms with E-state index >= 15 is 0 Å². The molecule has 1 aliphatic heterocycles. The number of hydrogen-bond acceptors (Lipinski definition) is 8. The molecule has 0 fully saturated rings. The van der Waals surface area contributed by atoms with Gasteiger partial charge in [0, 0.05) is 17.5 Å². The second kappa shape index (κ2) is 9.44. The van der Waals surface area contributed by atoms with Gasteiger partial charge in [-0.2, -0.15) is 4.98 Å². The van der Waals surface area contributed by atoms with Gasteiger partial charge in [0.05, 0.1) is 19.4 Å². The number of rotatable bonds is 6. The first-order valence-electron chi connectivity index (χ1n) is 10.3. The number of methoxy groups -OCH3 is 1. The third kappa shape index (κ3) is 3.95. The lowest BCUT2D eigenvalue weighted by molar-refractivity contribution is -0.120. The largest absolute Gasteiger partial charge is 0.493 e. The quantitative estimate of drug-likeness (QED) is 0.505. The molecule has 1 aromatic heterocycles. The zero-order chi connectivity index (χ0) is 22.7. The molecule has 1 aliphatic rings. The number of amides is 1. The molecule has 3 aromatic rings. The molecule has 0 N–H and O–H groups in total. The summed E-state index contributed by atoms with van der Waals surface area (Å²) in [7, 11) is 1.58. The third-order valence-electron chi connectivity index (χ3n) is 5.04. The maximum absolute atomic E-state index is 13.2. The number of hydrogen-bond donors (Lipinski definition) is 0. The number of ether oxygens (including phenoxy) is 3. The number of para-hydroxylation sites is 1. The van der Waals surface area contributed by atoms with Crippen molar-refractivity contribution in [3.05, 3.63) is 48.0 Å². The summed E-state index contributed by atoms with van der Waals surface area (Å²) in [6.07, 6.45) is 1.39. The molecule has 8 nitrogen and oxygen atoms in total. The summed E-state index contributed by atoms with van der Waals surface area (Å²) >= 11 is 1.37. The Morgan fingerprint density at radius 3 is 2.69 bits per heavy atom. The smallest absolute Gasteiger partial charge is 0.247 e. The highest BCUT2D eigenvalue weighted by molar-refractivity contribution is 7.98. The van der Waals surface area contributed by atoms with Gasteiger partial charge in [-0.05, 0) is 37.4 Å². The van der Waals surface area contributed by atoms with E-state index in [0.29, 0.717) is 46.9 Å². The van der Waals surface area contributed by atoms with Crippen LogP contribution in [0.4, 0.5) is 5.69 Å². The minimum atomic E-state index is -0.777. The van der Waals surface area contributed by atoms with Crippen molar-refractivity contribution in [3.63, 3.8) is 0 Å². The molecular formula is C23H24N4O4S. The van der Waals surface area contributed by atoms with E-state index in [1.165, 1.54) is 11.8 Å². The minimum Gasteiger partial charge on any atom is -0.493 e. The van der Waals surface area contributed by atoms with E-state index in [1.807, 2.05) is 62.6 Å². The Morgan fingerprint density at radius 1 is 1.16 bits per heavy atom. The summed E-state index contributed by atoms with van der Waals surface area (Å²) in [5, 5.41) is 9.04. The zero-order valence-corrected chi connectivity index (χ0v) is 19.2. The summed E-state index contributed by atoms with van der Waals surface area (Å²) < 4.78 is 17.6. The second-order valence-corrected chi connectivity index (χ2v) is 7.67. The Hall–Kier alpha value is -3.33. The first-order chi connectivity index (χ1) is 15.6. The average Bonchev–Trinajstić information content (AvgIpc) is 2.98. The molecule has 166 valence electrons. The van der Waals surface area contributed by atoms with Crippen molar-refractivity contribution in [1.82, 2.24) is 15.2 Å². The van der Waals surface area contributed by atoms with E-state index in [0.717, 1.165) is 11.1 Å². The second-order valence-electron chi connectivity index (χ2n) is 6.90. The molecule has 0 unspecified atom stereocenters. The van der Waals surface area contributed by atoms with Gasteiger partial charge in [-0.1, -0.05) is 36.9 Å². The number of anilines is 1. The van der Waals surface area contributed by atoms with E-state index in [1.54, 1.807) is 12.0 Å². The van der Waals surface area contributed by atoms with Crippen LogP contribution in [-0.2, 0) is 4.79 Å². The topological polar surface area (TPSA) is 86.7 Å². The van der Waals surface area contributed by atoms with E-state index in [4.69, 9.17) is 14.2 Å². The van der Waals surface area contributed by atoms with Crippen LogP contribution >= 0.6 is 11.8 Å². The first kappa shape index (κ1) is 21.9. The van der Waals surface area contributed by atoms with Gasteiger partial charge in [-0.25, -0.2) is 0 Å². The number of benzene rings is 2. The maximum atomic E-state index is 13.2. The average molecular weight is 453 g/mol. The zero-order valence-electron chi connectivity index (χ0n) is 18.4. The molecule has 9 heteroatoms. The molecule has 2 aromatic carbocycles. The molecule has 4 rings (SSSR count). The summed E-state index contributed by atoms with van der Waals surface area (Å²) in [6, 6.07) is 13.1. The van der Waals surface area contributed by atoms with Crippen LogP contribution in [0, 0.1) is 0 Å². The van der Waals surface area contributed by atoms with Crippen molar-refractivity contribution in [2.75, 3.05) is 24.9 Å². The monoisotopic (exact) mass is 452 g/mol. The van der Waals surface area contributed by atoms with Gasteiger partial charge in [-0.15, -0.1) is 10.2 Å². The fourth-order valence-corrected chi connectivity index (χ4v) is 3.87. The molecule has 1 atom stereocenters. The van der Waals surface area contributed by atoms with Crippen LogP contribution in [0.1, 0.15) is 32.1 Å². The van der Waals surface area contributed by atoms with Crippen LogP contribution < -0.4 is 19.1 Å². The standard InChI is InChI=1S/C23H24N4O4S/c1-5-19(28)27-16-10-8-7-9-15(16)20-21(24-23(32-4)26-25-20)31-22(27)14-11-12-17(30-6-2)18(13-14)29-3/h7-13,22H,5-6H2,1-4H3/t22-/m0/s1. The molecule has 0 spiro atoms. The third-order valence-corrected chi connectivity index (χ3v) is 5.58. The highest BCUT2D eigenvalue weighted by atomic mass is 32.2. The predicted octanol–water partition coefficient (Wildman–Crippen LogP) is 4.50. The van der Waals surface area contributed by atoms with Crippen molar-refractivity contribution < 1.29 is 19.0 Å². The van der Waals surface area contributed by atoms with Crippen molar-refractivity contribution in [2.24, 2.45) is 0 Å². The Balaban J connectivity index is 1.93. The van der Waals surface area contributed by atoms with Gasteiger partial charge < -0.3 is 14.2 Å². The van der Waals surface area contributed by atoms with Crippen molar-refractivity contribution >= 4 is 23.4 Å². The Labute approximate surface area is 190 Å². The number of carbonyl (C=O) groups is 1. The van der Waals surface area contributed by atoms with Gasteiger partial charge in [0.2, 0.25) is 23.2 Å². The Bertz CT molecular complexity index is 1140. The SMILES string of the molecule is CCOc1ccc([C@@H]2Oc3nc(SC)nnc3-c3ccccc3N2C(=O)CC)cc1OC. The van der Waals surface area contributed by atoms with E-state index in [2.05, 4.69) is 15.2 Å². The minimum absolute atomic E-state index is 0.0962. The van der Waals surface area contributed by atoms with Crippen molar-refractivity contribution in [1.29, 1.82) is 0 Å². The number of fused-ring (bicyclic) bond motifs is 3. The summed E-state index contributed by atoms with van der Waals surface area (Å²) in [6.45, 7) is 4.24. The summed E-state index contributed by atoms with van der Waals surface area (Å²) in [5.74, 6) is 1.40. The van der Waals surface area contributed by atoms with E-state index in [9.17, 15) is 4.79 Å². The molecule has 32 heavy (non-hydrogen) atoms. The molecular weight excluding hydrogens is 428 g/mol. The lowest BCUT2D eigenvalue weighted by atomic mass is 10.1. The van der Waals surface area contributed by atoms with Crippen LogP contribution in [-0.4, -0.2) is 41.1 Å². The van der Waals surface area contributed by atoms with E-state index in [-0.39, 0.29) is 5.91 Å². The fraction of sp³-hybridized carbons (Fsp3) is 0.304. The number of aromatic nitrogens is 3. The van der Waals surface area contributed by atoms with Crippen molar-refractivity contribution in [3.8, 4) is 28.6 Å². The number of carbonyl (C=O) groups excluding carboxylic acids is 1. The molecule has 1 amide bonds. The molecule has 0 saturated heterocycles. The predicted molar refractivity (Wildman–Crippen MR) is 122 cm³/mol. The number of nitrogens with zero attached hydrogens (tertiary/aromatic N) is 4. The lowest BCUT2D eigenvalue weighted by Crippen LogP contribution is -2.37. The lowest BCUT2D eigenvalue weighted by Gasteiger charge is -2.31. The van der Waals surface area contributed by atoms with Crippen LogP contribution in [0.3, 0.4) is 0 Å². The highest BCUT2D eigenvalue weighted by Gasteiger charge is 2.35. The van der Waals surface area contributed by atoms with Gasteiger partial charge >= 0.3 is 0 Å². The summed E-state index contributed by atoms with van der Waals surface area (Å²) in [4.78, 5) is 19.4. The first-order valence-corrected chi connectivity index (χ1v) is 11.5. The summed E-state index contributed by atoms with van der Waals surface area (Å²) in [5.41, 5.74) is 2.63. The van der Waals surface area contributed by atoms with Crippen LogP contribution in [0.2, 0.25) is 0 Å². The fourth-order valence-electron chi connectivity index (χ4n) is 3.57. The van der Waals surface area contributed by atoms with Gasteiger partial charge in [0.25, 0.3) is 0 Å². The molecule has 2 heterocycles. The Kier molecular flexibility index (Phi) is 6.45. The molecule has 0 aliphatic carbocycles. The van der Waals surface area contributed by atoms with E-state index < -0.39 is 6.23 Å². The molecule has 0 radical (unpaired) electrons. The van der Waals surface area contributed by atoms with Crippen molar-refractivity contribution in [2.45, 2.75) is 31.7 Å². The number of thioether (sulfide) groups is 1. The normalized spacial score (nSPS) is 14.6. The van der Waals surface area contributed by atoms with Gasteiger partial charge in [0.15, 0.2) is 17.2 Å². The highest BCUT2D eigenvalue weighted by Crippen LogP contribution is 2.44. The molecule has 0 bridgehead atoms. The van der Waals surface area contributed by atoms with Gasteiger partial charge in [0.1, 0.15) is 0 Å². The Morgan fingerprint density at radius 2 is 1.97 bits per heavy atom. The van der Waals surface area contributed by atoms with Gasteiger partial charge in [-0.3, -0.25) is 9.69 Å². The van der Waals surface area contributed by atoms with Crippen LogP contribution in [0.25, 0.3) is 11.3 Å².